The first-order chi connectivity index (χ1) is 10.3. The molecule has 0 saturated carbocycles. The van der Waals surface area contributed by atoms with E-state index in [9.17, 15) is 19.7 Å². The van der Waals surface area contributed by atoms with E-state index >= 15 is 0 Å². The van der Waals surface area contributed by atoms with E-state index in [2.05, 4.69) is 5.32 Å². The lowest BCUT2D eigenvalue weighted by Gasteiger charge is -2.20. The van der Waals surface area contributed by atoms with Crippen LogP contribution < -0.4 is 10.1 Å². The number of aliphatic carboxylic acids is 1. The van der Waals surface area contributed by atoms with Gasteiger partial charge < -0.3 is 15.2 Å². The predicted molar refractivity (Wildman–Crippen MR) is 77.6 cm³/mol. The Morgan fingerprint density at radius 1 is 1.45 bits per heavy atom. The molecule has 0 bridgehead atoms. The van der Waals surface area contributed by atoms with E-state index < -0.39 is 29.4 Å². The van der Waals surface area contributed by atoms with Gasteiger partial charge in [-0.25, -0.2) is 4.79 Å². The number of ether oxygens (including phenoxy) is 1. The van der Waals surface area contributed by atoms with Crippen molar-refractivity contribution >= 4 is 17.6 Å². The number of benzene rings is 1. The maximum Gasteiger partial charge on any atom is 0.326 e. The van der Waals surface area contributed by atoms with E-state index in [0.717, 1.165) is 0 Å². The van der Waals surface area contributed by atoms with Gasteiger partial charge in [-0.1, -0.05) is 26.3 Å². The molecule has 0 radical (unpaired) electrons. The fourth-order valence-electron chi connectivity index (χ4n) is 1.73. The Morgan fingerprint density at radius 3 is 2.68 bits per heavy atom. The second-order valence-corrected chi connectivity index (χ2v) is 4.81. The molecule has 0 unspecified atom stereocenters. The number of non-ortho nitro benzene ring substituents is 1. The van der Waals surface area contributed by atoms with Gasteiger partial charge >= 0.3 is 5.97 Å². The lowest BCUT2D eigenvalue weighted by molar-refractivity contribution is -0.384. The average molecular weight is 310 g/mol. The molecule has 0 saturated heterocycles. The summed E-state index contributed by atoms with van der Waals surface area (Å²) in [5, 5.41) is 22.1. The van der Waals surface area contributed by atoms with E-state index in [-0.39, 0.29) is 17.4 Å². The molecule has 0 fully saturated rings. The van der Waals surface area contributed by atoms with Crippen molar-refractivity contribution in [3.05, 3.63) is 34.4 Å². The van der Waals surface area contributed by atoms with E-state index in [4.69, 9.17) is 9.84 Å². The van der Waals surface area contributed by atoms with Crippen molar-refractivity contribution in [2.45, 2.75) is 26.3 Å². The summed E-state index contributed by atoms with van der Waals surface area (Å²) in [4.78, 5) is 32.9. The Kier molecular flexibility index (Phi) is 6.30. The molecular weight excluding hydrogens is 292 g/mol. The van der Waals surface area contributed by atoms with Crippen molar-refractivity contribution in [2.24, 2.45) is 5.92 Å². The van der Waals surface area contributed by atoms with Gasteiger partial charge in [-0.2, -0.15) is 0 Å². The van der Waals surface area contributed by atoms with Crippen LogP contribution in [-0.2, 0) is 9.59 Å². The fourth-order valence-corrected chi connectivity index (χ4v) is 1.73. The first kappa shape index (κ1) is 17.4. The standard InChI is InChI=1S/C14H18N2O6/c1-3-9(2)13(14(18)19)15-12(17)8-22-11-6-4-5-10(7-11)16(20)21/h4-7,9,13H,3,8H2,1-2H3,(H,15,17)(H,18,19)/t9-,13-/m0/s1. The van der Waals surface area contributed by atoms with Crippen LogP contribution in [0.1, 0.15) is 20.3 Å². The zero-order valence-electron chi connectivity index (χ0n) is 12.3. The smallest absolute Gasteiger partial charge is 0.326 e. The Bertz CT molecular complexity index is 560. The molecule has 1 aromatic carbocycles. The largest absolute Gasteiger partial charge is 0.484 e. The van der Waals surface area contributed by atoms with E-state index in [1.165, 1.54) is 24.3 Å². The summed E-state index contributed by atoms with van der Waals surface area (Å²) in [5.74, 6) is -1.77. The molecule has 1 rings (SSSR count). The molecule has 2 atom stereocenters. The molecule has 0 aromatic heterocycles. The van der Waals surface area contributed by atoms with E-state index in [1.807, 2.05) is 6.92 Å². The summed E-state index contributed by atoms with van der Waals surface area (Å²) < 4.78 is 5.14. The number of amides is 1. The van der Waals surface area contributed by atoms with E-state index in [0.29, 0.717) is 6.42 Å². The number of carboxylic acids is 1. The summed E-state index contributed by atoms with van der Waals surface area (Å²) in [6, 6.07) is 4.41. The quantitative estimate of drug-likeness (QED) is 0.556. The maximum atomic E-state index is 11.7. The highest BCUT2D eigenvalue weighted by atomic mass is 16.6. The van der Waals surface area contributed by atoms with Gasteiger partial charge in [0.15, 0.2) is 6.61 Å². The lowest BCUT2D eigenvalue weighted by Crippen LogP contribution is -2.46. The Hall–Kier alpha value is -2.64. The minimum atomic E-state index is -1.11. The van der Waals surface area contributed by atoms with Gasteiger partial charge in [-0.15, -0.1) is 0 Å². The van der Waals surface area contributed by atoms with Crippen LogP contribution in [0, 0.1) is 16.0 Å². The third-order valence-electron chi connectivity index (χ3n) is 3.19. The Labute approximate surface area is 127 Å². The second-order valence-electron chi connectivity index (χ2n) is 4.81. The zero-order valence-corrected chi connectivity index (χ0v) is 12.3. The van der Waals surface area contributed by atoms with Crippen LogP contribution in [0.2, 0.25) is 0 Å². The van der Waals surface area contributed by atoms with Gasteiger partial charge in [0, 0.05) is 6.07 Å². The first-order valence-corrected chi connectivity index (χ1v) is 6.74. The highest BCUT2D eigenvalue weighted by molar-refractivity contribution is 5.84. The van der Waals surface area contributed by atoms with Gasteiger partial charge in [0.05, 0.1) is 11.0 Å². The molecule has 22 heavy (non-hydrogen) atoms. The average Bonchev–Trinajstić information content (AvgIpc) is 2.49. The molecule has 8 heteroatoms. The summed E-state index contributed by atoms with van der Waals surface area (Å²) in [7, 11) is 0. The first-order valence-electron chi connectivity index (χ1n) is 6.74. The van der Waals surface area contributed by atoms with Crippen LogP contribution in [-0.4, -0.2) is 34.6 Å². The summed E-state index contributed by atoms with van der Waals surface area (Å²) in [6.07, 6.45) is 0.600. The molecule has 0 aliphatic rings. The maximum absolute atomic E-state index is 11.7. The summed E-state index contributed by atoms with van der Waals surface area (Å²) in [5.41, 5.74) is -0.152. The molecule has 0 heterocycles. The van der Waals surface area contributed by atoms with Crippen molar-refractivity contribution in [2.75, 3.05) is 6.61 Å². The molecule has 1 amide bonds. The fraction of sp³-hybridized carbons (Fsp3) is 0.429. The number of nitro benzene ring substituents is 1. The summed E-state index contributed by atoms with van der Waals surface area (Å²) in [6.45, 7) is 3.13. The number of carbonyl (C=O) groups excluding carboxylic acids is 1. The molecular formula is C14H18N2O6. The highest BCUT2D eigenvalue weighted by Gasteiger charge is 2.25. The number of hydrogen-bond donors (Lipinski definition) is 2. The number of carbonyl (C=O) groups is 2. The topological polar surface area (TPSA) is 119 Å². The molecule has 1 aromatic rings. The third-order valence-corrected chi connectivity index (χ3v) is 3.19. The molecule has 8 nitrogen and oxygen atoms in total. The molecule has 0 spiro atoms. The predicted octanol–water partition coefficient (Wildman–Crippen LogP) is 1.59. The number of nitrogens with zero attached hydrogens (tertiary/aromatic N) is 1. The van der Waals surface area contributed by atoms with Gasteiger partial charge in [0.25, 0.3) is 11.6 Å². The Balaban J connectivity index is 2.60. The number of rotatable bonds is 8. The van der Waals surface area contributed by atoms with Crippen molar-refractivity contribution in [1.29, 1.82) is 0 Å². The van der Waals surface area contributed by atoms with Crippen LogP contribution in [0.15, 0.2) is 24.3 Å². The van der Waals surface area contributed by atoms with Crippen LogP contribution >= 0.6 is 0 Å². The number of hydrogen-bond acceptors (Lipinski definition) is 5. The monoisotopic (exact) mass is 310 g/mol. The minimum absolute atomic E-state index is 0.152. The van der Waals surface area contributed by atoms with Crippen molar-refractivity contribution in [3.8, 4) is 5.75 Å². The minimum Gasteiger partial charge on any atom is -0.484 e. The normalized spacial score (nSPS) is 13.0. The number of nitro groups is 1. The molecule has 0 aliphatic carbocycles. The van der Waals surface area contributed by atoms with Gasteiger partial charge in [0.2, 0.25) is 0 Å². The number of carboxylic acid groups (broad SMARTS) is 1. The van der Waals surface area contributed by atoms with Crippen LogP contribution in [0.25, 0.3) is 0 Å². The van der Waals surface area contributed by atoms with Crippen LogP contribution in [0.5, 0.6) is 5.75 Å². The van der Waals surface area contributed by atoms with Crippen LogP contribution in [0.4, 0.5) is 5.69 Å². The van der Waals surface area contributed by atoms with Crippen LogP contribution in [0.3, 0.4) is 0 Å². The van der Waals surface area contributed by atoms with E-state index in [1.54, 1.807) is 6.92 Å². The number of nitrogens with one attached hydrogen (secondary N) is 1. The summed E-state index contributed by atoms with van der Waals surface area (Å²) >= 11 is 0. The highest BCUT2D eigenvalue weighted by Crippen LogP contribution is 2.18. The van der Waals surface area contributed by atoms with Gasteiger partial charge in [0.1, 0.15) is 11.8 Å². The SMILES string of the molecule is CC[C@H](C)[C@H](NC(=O)COc1cccc([N+](=O)[O-])c1)C(=O)O. The van der Waals surface area contributed by atoms with Gasteiger partial charge in [-0.3, -0.25) is 14.9 Å². The molecule has 2 N–H and O–H groups in total. The van der Waals surface area contributed by atoms with Crippen molar-refractivity contribution in [3.63, 3.8) is 0 Å². The van der Waals surface area contributed by atoms with Crippen molar-refractivity contribution < 1.29 is 24.4 Å². The molecule has 120 valence electrons. The van der Waals surface area contributed by atoms with Gasteiger partial charge in [-0.05, 0) is 12.0 Å². The second kappa shape index (κ2) is 7.96. The zero-order chi connectivity index (χ0) is 16.7. The van der Waals surface area contributed by atoms with Crippen molar-refractivity contribution in [1.82, 2.24) is 5.32 Å². The Morgan fingerprint density at radius 2 is 2.14 bits per heavy atom. The molecule has 0 aliphatic heterocycles. The lowest BCUT2D eigenvalue weighted by atomic mass is 9.99. The third kappa shape index (κ3) is 5.04.